The highest BCUT2D eigenvalue weighted by Crippen LogP contribution is 2.35. The molecule has 0 spiro atoms. The molecule has 7 heteroatoms. The Morgan fingerprint density at radius 2 is 2.00 bits per heavy atom. The van der Waals surface area contributed by atoms with Crippen LogP contribution in [0, 0.1) is 0 Å². The lowest BCUT2D eigenvalue weighted by molar-refractivity contribution is 0.174. The van der Waals surface area contributed by atoms with E-state index in [2.05, 4.69) is 19.9 Å². The minimum atomic E-state index is 0.268. The predicted octanol–water partition coefficient (Wildman–Crippen LogP) is 3.03. The Bertz CT molecular complexity index is 921. The Hall–Kier alpha value is -2.83. The second-order valence-corrected chi connectivity index (χ2v) is 6.08. The van der Waals surface area contributed by atoms with Crippen LogP contribution in [0.15, 0.2) is 24.5 Å². The van der Waals surface area contributed by atoms with E-state index in [-0.39, 0.29) is 6.79 Å². The minimum Gasteiger partial charge on any atom is -0.454 e. The summed E-state index contributed by atoms with van der Waals surface area (Å²) in [4.78, 5) is 13.7. The molecule has 0 saturated heterocycles. The number of nitrogens with zero attached hydrogens (tertiary/aromatic N) is 4. The van der Waals surface area contributed by atoms with E-state index in [0.717, 1.165) is 53.0 Å². The minimum absolute atomic E-state index is 0.268. The molecule has 0 saturated carbocycles. The number of fused-ring (bicyclic) bond motifs is 4. The molecular weight excluding hydrogens is 306 g/mol. The van der Waals surface area contributed by atoms with Crippen molar-refractivity contribution in [2.75, 3.05) is 12.1 Å². The fourth-order valence-corrected chi connectivity index (χ4v) is 3.34. The van der Waals surface area contributed by atoms with Gasteiger partial charge >= 0.3 is 0 Å². The van der Waals surface area contributed by atoms with Gasteiger partial charge in [-0.05, 0) is 25.0 Å². The Labute approximate surface area is 138 Å². The molecule has 24 heavy (non-hydrogen) atoms. The molecule has 0 aliphatic carbocycles. The molecule has 0 bridgehead atoms. The van der Waals surface area contributed by atoms with E-state index in [1.165, 1.54) is 19.3 Å². The second-order valence-electron chi connectivity index (χ2n) is 6.08. The maximum Gasteiger partial charge on any atom is 0.231 e. The lowest BCUT2D eigenvalue weighted by Gasteiger charge is -2.07. The number of aromatic nitrogens is 4. The number of rotatable bonds is 2. The number of nitrogens with one attached hydrogen (secondary N) is 1. The first-order valence-electron chi connectivity index (χ1n) is 8.25. The number of anilines is 2. The van der Waals surface area contributed by atoms with Crippen molar-refractivity contribution in [3.8, 4) is 11.5 Å². The number of hydrogen-bond acceptors (Lipinski definition) is 6. The van der Waals surface area contributed by atoms with Crippen molar-refractivity contribution in [1.29, 1.82) is 0 Å². The van der Waals surface area contributed by atoms with E-state index >= 15 is 0 Å². The zero-order valence-electron chi connectivity index (χ0n) is 13.2. The van der Waals surface area contributed by atoms with Crippen molar-refractivity contribution < 1.29 is 9.47 Å². The zero-order chi connectivity index (χ0) is 15.9. The number of imidazole rings is 1. The summed E-state index contributed by atoms with van der Waals surface area (Å²) in [5, 5.41) is 3.34. The summed E-state index contributed by atoms with van der Waals surface area (Å²) < 4.78 is 13.0. The van der Waals surface area contributed by atoms with Gasteiger partial charge in [0.2, 0.25) is 6.79 Å². The van der Waals surface area contributed by atoms with E-state index in [0.29, 0.717) is 0 Å². The van der Waals surface area contributed by atoms with E-state index in [9.17, 15) is 0 Å². The van der Waals surface area contributed by atoms with Crippen LogP contribution in [-0.4, -0.2) is 26.3 Å². The highest BCUT2D eigenvalue weighted by atomic mass is 16.7. The van der Waals surface area contributed by atoms with Gasteiger partial charge in [0.05, 0.1) is 0 Å². The van der Waals surface area contributed by atoms with Crippen LogP contribution in [0.3, 0.4) is 0 Å². The standard InChI is InChI=1S/C17H17N5O2/c1-2-4-14-21-15-16(18-9-19-17(15)22(14)7-3-1)20-11-5-6-12-13(8-11)24-10-23-12/h5-6,8-9H,1-4,7,10H2,(H,18,19,20). The summed E-state index contributed by atoms with van der Waals surface area (Å²) in [5.74, 6) is 3.34. The predicted molar refractivity (Wildman–Crippen MR) is 88.7 cm³/mol. The van der Waals surface area contributed by atoms with Crippen molar-refractivity contribution in [2.45, 2.75) is 32.2 Å². The molecule has 0 atom stereocenters. The third kappa shape index (κ3) is 2.16. The van der Waals surface area contributed by atoms with Crippen molar-refractivity contribution in [3.05, 3.63) is 30.4 Å². The van der Waals surface area contributed by atoms with E-state index in [1.807, 2.05) is 18.2 Å². The molecule has 2 aliphatic rings. The molecule has 4 heterocycles. The highest BCUT2D eigenvalue weighted by molar-refractivity contribution is 5.85. The van der Waals surface area contributed by atoms with E-state index in [1.54, 1.807) is 6.33 Å². The SMILES string of the molecule is c1nc(Nc2ccc3c(c2)OCO3)c2nc3n(c2n1)CCCCC3. The van der Waals surface area contributed by atoms with Crippen molar-refractivity contribution in [2.24, 2.45) is 0 Å². The summed E-state index contributed by atoms with van der Waals surface area (Å²) in [6.07, 6.45) is 6.20. The average Bonchev–Trinajstić information content (AvgIpc) is 3.13. The molecule has 0 unspecified atom stereocenters. The molecular formula is C17H17N5O2. The molecule has 2 aromatic heterocycles. The third-order valence-corrected chi connectivity index (χ3v) is 4.53. The van der Waals surface area contributed by atoms with Crippen LogP contribution in [0.5, 0.6) is 11.5 Å². The fraction of sp³-hybridized carbons (Fsp3) is 0.353. The molecule has 5 rings (SSSR count). The molecule has 0 amide bonds. The van der Waals surface area contributed by atoms with Gasteiger partial charge in [-0.2, -0.15) is 0 Å². The molecule has 0 radical (unpaired) electrons. The van der Waals surface area contributed by atoms with Gasteiger partial charge in [-0.1, -0.05) is 6.42 Å². The molecule has 1 aromatic carbocycles. The van der Waals surface area contributed by atoms with Crippen molar-refractivity contribution in [3.63, 3.8) is 0 Å². The van der Waals surface area contributed by atoms with Gasteiger partial charge in [0, 0.05) is 24.7 Å². The van der Waals surface area contributed by atoms with Crippen LogP contribution >= 0.6 is 0 Å². The Balaban J connectivity index is 1.55. The molecule has 1 N–H and O–H groups in total. The van der Waals surface area contributed by atoms with Crippen LogP contribution in [-0.2, 0) is 13.0 Å². The second kappa shape index (κ2) is 5.36. The smallest absolute Gasteiger partial charge is 0.231 e. The summed E-state index contributed by atoms with van der Waals surface area (Å²) >= 11 is 0. The van der Waals surface area contributed by atoms with Gasteiger partial charge in [-0.25, -0.2) is 15.0 Å². The maximum absolute atomic E-state index is 5.43. The van der Waals surface area contributed by atoms with Crippen molar-refractivity contribution >= 4 is 22.7 Å². The fourth-order valence-electron chi connectivity index (χ4n) is 3.34. The van der Waals surface area contributed by atoms with Gasteiger partial charge in [0.15, 0.2) is 28.5 Å². The number of benzene rings is 1. The summed E-state index contributed by atoms with van der Waals surface area (Å²) in [6, 6.07) is 5.76. The number of hydrogen-bond donors (Lipinski definition) is 1. The first kappa shape index (κ1) is 13.6. The van der Waals surface area contributed by atoms with Gasteiger partial charge in [-0.3, -0.25) is 0 Å². The number of ether oxygens (including phenoxy) is 2. The molecule has 0 fully saturated rings. The van der Waals surface area contributed by atoms with Crippen LogP contribution < -0.4 is 14.8 Å². The van der Waals surface area contributed by atoms with Crippen LogP contribution in [0.4, 0.5) is 11.5 Å². The first-order chi connectivity index (χ1) is 11.9. The van der Waals surface area contributed by atoms with E-state index in [4.69, 9.17) is 14.5 Å². The summed E-state index contributed by atoms with van der Waals surface area (Å²) in [6.45, 7) is 1.25. The van der Waals surface area contributed by atoms with Crippen LogP contribution in [0.1, 0.15) is 25.1 Å². The number of aryl methyl sites for hydroxylation is 2. The third-order valence-electron chi connectivity index (χ3n) is 4.53. The Morgan fingerprint density at radius 3 is 3.00 bits per heavy atom. The largest absolute Gasteiger partial charge is 0.454 e. The summed E-state index contributed by atoms with van der Waals surface area (Å²) in [5.41, 5.74) is 2.62. The van der Waals surface area contributed by atoms with Crippen LogP contribution in [0.2, 0.25) is 0 Å². The van der Waals surface area contributed by atoms with Gasteiger partial charge in [0.1, 0.15) is 12.2 Å². The topological polar surface area (TPSA) is 74.1 Å². The first-order valence-corrected chi connectivity index (χ1v) is 8.25. The zero-order valence-corrected chi connectivity index (χ0v) is 13.2. The lowest BCUT2D eigenvalue weighted by atomic mass is 10.2. The quantitative estimate of drug-likeness (QED) is 0.781. The molecule has 122 valence electrons. The van der Waals surface area contributed by atoms with Crippen LogP contribution in [0.25, 0.3) is 11.2 Å². The molecule has 3 aromatic rings. The average molecular weight is 323 g/mol. The van der Waals surface area contributed by atoms with E-state index < -0.39 is 0 Å². The summed E-state index contributed by atoms with van der Waals surface area (Å²) in [7, 11) is 0. The normalized spacial score (nSPS) is 16.0. The van der Waals surface area contributed by atoms with Crippen molar-refractivity contribution in [1.82, 2.24) is 19.5 Å². The van der Waals surface area contributed by atoms with Gasteiger partial charge < -0.3 is 19.4 Å². The Morgan fingerprint density at radius 1 is 1.04 bits per heavy atom. The van der Waals surface area contributed by atoms with Gasteiger partial charge in [-0.15, -0.1) is 0 Å². The highest BCUT2D eigenvalue weighted by Gasteiger charge is 2.18. The molecule has 7 nitrogen and oxygen atoms in total. The lowest BCUT2D eigenvalue weighted by Crippen LogP contribution is -2.01. The van der Waals surface area contributed by atoms with Gasteiger partial charge in [0.25, 0.3) is 0 Å². The Kier molecular flexibility index (Phi) is 3.04. The molecule has 2 aliphatic heterocycles. The maximum atomic E-state index is 5.43. The monoisotopic (exact) mass is 323 g/mol.